The monoisotopic (exact) mass is 329 g/mol. The Bertz CT molecular complexity index is 762. The van der Waals surface area contributed by atoms with Gasteiger partial charge in [-0.2, -0.15) is 4.37 Å². The lowest BCUT2D eigenvalue weighted by Crippen LogP contribution is -2.06. The number of aromatic nitrogens is 1. The van der Waals surface area contributed by atoms with Crippen LogP contribution in [0.5, 0.6) is 0 Å². The maximum Gasteiger partial charge on any atom is 0.182 e. The lowest BCUT2D eigenvalue weighted by Gasteiger charge is -2.09. The van der Waals surface area contributed by atoms with Crippen LogP contribution in [0.25, 0.3) is 0 Å². The van der Waals surface area contributed by atoms with Crippen LogP contribution in [0.1, 0.15) is 16.7 Å². The zero-order valence-electron chi connectivity index (χ0n) is 11.9. The highest BCUT2D eigenvalue weighted by molar-refractivity contribution is 7.91. The van der Waals surface area contributed by atoms with Crippen molar-refractivity contribution in [1.29, 1.82) is 0 Å². The highest BCUT2D eigenvalue weighted by Crippen LogP contribution is 2.31. The van der Waals surface area contributed by atoms with Crippen molar-refractivity contribution in [3.8, 4) is 0 Å². The number of rotatable bonds is 4. The van der Waals surface area contributed by atoms with Gasteiger partial charge < -0.3 is 11.1 Å². The summed E-state index contributed by atoms with van der Waals surface area (Å²) in [6.07, 6.45) is 1.09. The van der Waals surface area contributed by atoms with E-state index in [1.54, 1.807) is 26.0 Å². The fraction of sp³-hybridized carbons (Fsp3) is 0.308. The van der Waals surface area contributed by atoms with Crippen LogP contribution in [-0.2, 0) is 16.4 Å². The van der Waals surface area contributed by atoms with Crippen molar-refractivity contribution >= 4 is 32.2 Å². The highest BCUT2D eigenvalue weighted by atomic mass is 32.2. The van der Waals surface area contributed by atoms with E-state index in [4.69, 9.17) is 5.73 Å². The van der Waals surface area contributed by atoms with E-state index < -0.39 is 9.84 Å². The van der Waals surface area contributed by atoms with Crippen LogP contribution >= 0.6 is 11.5 Å². The zero-order chi connectivity index (χ0) is 15.8. The third kappa shape index (κ3) is 3.33. The molecule has 2 rings (SSSR count). The Morgan fingerprint density at radius 3 is 2.43 bits per heavy atom. The molecular weight excluding hydrogens is 313 g/mol. The van der Waals surface area contributed by atoms with Gasteiger partial charge in [-0.25, -0.2) is 12.8 Å². The molecule has 0 spiro atoms. The summed E-state index contributed by atoms with van der Waals surface area (Å²) in [6.45, 7) is 3.75. The van der Waals surface area contributed by atoms with Crippen molar-refractivity contribution in [1.82, 2.24) is 4.37 Å². The Labute approximate surface area is 127 Å². The topological polar surface area (TPSA) is 85.1 Å². The van der Waals surface area contributed by atoms with Gasteiger partial charge in [-0.15, -0.1) is 0 Å². The number of nitrogen functional groups attached to an aromatic ring is 1. The molecule has 0 fully saturated rings. The van der Waals surface area contributed by atoms with Crippen LogP contribution in [0.15, 0.2) is 17.0 Å². The zero-order valence-corrected chi connectivity index (χ0v) is 13.5. The lowest BCUT2D eigenvalue weighted by molar-refractivity contribution is 0.602. The van der Waals surface area contributed by atoms with Crippen LogP contribution in [-0.4, -0.2) is 19.0 Å². The summed E-state index contributed by atoms with van der Waals surface area (Å²) in [5.41, 5.74) is 7.56. The van der Waals surface area contributed by atoms with Crippen LogP contribution in [0.3, 0.4) is 0 Å². The predicted octanol–water partition coefficient (Wildman–Crippen LogP) is 2.50. The first-order valence-electron chi connectivity index (χ1n) is 6.15. The Morgan fingerprint density at radius 2 is 1.90 bits per heavy atom. The fourth-order valence-electron chi connectivity index (χ4n) is 2.08. The quantitative estimate of drug-likeness (QED) is 0.900. The van der Waals surface area contributed by atoms with Crippen LogP contribution in [0.4, 0.5) is 15.2 Å². The van der Waals surface area contributed by atoms with Gasteiger partial charge in [0.25, 0.3) is 0 Å². The maximum absolute atomic E-state index is 13.6. The summed E-state index contributed by atoms with van der Waals surface area (Å²) in [6, 6.07) is 3.44. The number of nitrogens with zero attached hydrogens (tertiary/aromatic N) is 1. The first kappa shape index (κ1) is 15.7. The van der Waals surface area contributed by atoms with E-state index in [0.29, 0.717) is 22.7 Å². The van der Waals surface area contributed by atoms with Crippen molar-refractivity contribution in [2.24, 2.45) is 0 Å². The molecule has 0 saturated heterocycles. The minimum absolute atomic E-state index is 0.00327. The predicted molar refractivity (Wildman–Crippen MR) is 82.8 cm³/mol. The molecular formula is C13H16FN3O2S2. The average Bonchev–Trinajstić information content (AvgIpc) is 2.74. The third-order valence-corrected chi connectivity index (χ3v) is 5.10. The van der Waals surface area contributed by atoms with E-state index in [9.17, 15) is 12.8 Å². The molecule has 8 heteroatoms. The molecule has 0 atom stereocenters. The Balaban J connectivity index is 2.26. The number of halogens is 1. The molecule has 114 valence electrons. The van der Waals surface area contributed by atoms with Crippen molar-refractivity contribution < 1.29 is 12.8 Å². The van der Waals surface area contributed by atoms with Crippen molar-refractivity contribution in [2.45, 2.75) is 25.3 Å². The molecule has 0 unspecified atom stereocenters. The number of nitrogens with two attached hydrogens (primary N) is 1. The van der Waals surface area contributed by atoms with Gasteiger partial charge in [0, 0.05) is 12.8 Å². The minimum Gasteiger partial charge on any atom is -0.382 e. The van der Waals surface area contributed by atoms with Crippen molar-refractivity contribution in [3.63, 3.8) is 0 Å². The van der Waals surface area contributed by atoms with E-state index in [2.05, 4.69) is 9.69 Å². The van der Waals surface area contributed by atoms with Crippen molar-refractivity contribution in [3.05, 3.63) is 34.6 Å². The Morgan fingerprint density at radius 1 is 1.33 bits per heavy atom. The highest BCUT2D eigenvalue weighted by Gasteiger charge is 2.21. The molecule has 1 aromatic carbocycles. The summed E-state index contributed by atoms with van der Waals surface area (Å²) >= 11 is 0.994. The van der Waals surface area contributed by atoms with E-state index in [1.807, 2.05) is 0 Å². The Kier molecular flexibility index (Phi) is 4.20. The second-order valence-corrected chi connectivity index (χ2v) is 7.62. The molecule has 2 aromatic rings. The normalized spacial score (nSPS) is 11.6. The van der Waals surface area contributed by atoms with Gasteiger partial charge in [0.2, 0.25) is 0 Å². The van der Waals surface area contributed by atoms with Gasteiger partial charge in [0.15, 0.2) is 15.7 Å². The van der Waals surface area contributed by atoms with Crippen LogP contribution in [0.2, 0.25) is 0 Å². The number of sulfone groups is 1. The number of anilines is 2. The molecule has 0 aliphatic heterocycles. The molecule has 5 nitrogen and oxygen atoms in total. The lowest BCUT2D eigenvalue weighted by atomic mass is 10.1. The molecule has 1 heterocycles. The second kappa shape index (κ2) is 5.61. The molecule has 0 radical (unpaired) electrons. The SMILES string of the molecule is Cc1cc(CNc2snc(N)c2S(C)(=O)=O)cc(C)c1F. The van der Waals surface area contributed by atoms with Gasteiger partial charge in [0.1, 0.15) is 15.7 Å². The van der Waals surface area contributed by atoms with Gasteiger partial charge in [0.05, 0.1) is 0 Å². The number of hydrogen-bond acceptors (Lipinski definition) is 6. The molecule has 0 aliphatic carbocycles. The molecule has 3 N–H and O–H groups in total. The van der Waals surface area contributed by atoms with Crippen molar-refractivity contribution in [2.75, 3.05) is 17.3 Å². The first-order chi connectivity index (χ1) is 9.70. The average molecular weight is 329 g/mol. The smallest absolute Gasteiger partial charge is 0.182 e. The third-order valence-electron chi connectivity index (χ3n) is 2.99. The number of hydrogen-bond donors (Lipinski definition) is 2. The summed E-state index contributed by atoms with van der Waals surface area (Å²) < 4.78 is 40.8. The Hall–Kier alpha value is -1.67. The first-order valence-corrected chi connectivity index (χ1v) is 8.81. The standard InChI is InChI=1S/C13H16FN3O2S2/c1-7-4-9(5-8(2)10(7)14)6-16-13-11(21(3,18)19)12(15)17-20-13/h4-5,16H,6H2,1-3H3,(H2,15,17). The molecule has 0 amide bonds. The molecule has 0 aliphatic rings. The molecule has 1 aromatic heterocycles. The summed E-state index contributed by atoms with van der Waals surface area (Å²) in [4.78, 5) is 0.0167. The van der Waals surface area contributed by atoms with Crippen LogP contribution in [0, 0.1) is 19.7 Å². The van der Waals surface area contributed by atoms with Gasteiger partial charge >= 0.3 is 0 Å². The molecule has 0 bridgehead atoms. The van der Waals surface area contributed by atoms with Gasteiger partial charge in [-0.05, 0) is 42.1 Å². The van der Waals surface area contributed by atoms with E-state index in [0.717, 1.165) is 23.4 Å². The number of nitrogens with one attached hydrogen (secondary N) is 1. The van der Waals surface area contributed by atoms with Gasteiger partial charge in [-0.1, -0.05) is 12.1 Å². The minimum atomic E-state index is -3.45. The van der Waals surface area contributed by atoms with Crippen LogP contribution < -0.4 is 11.1 Å². The second-order valence-electron chi connectivity index (χ2n) is 4.90. The maximum atomic E-state index is 13.6. The summed E-state index contributed by atoms with van der Waals surface area (Å²) in [7, 11) is -3.45. The number of aryl methyl sites for hydroxylation is 2. The summed E-state index contributed by atoms with van der Waals surface area (Å²) in [5, 5.41) is 3.40. The molecule has 0 saturated carbocycles. The largest absolute Gasteiger partial charge is 0.382 e. The fourth-order valence-corrected chi connectivity index (χ4v) is 4.15. The number of benzene rings is 1. The van der Waals surface area contributed by atoms with Gasteiger partial charge in [-0.3, -0.25) is 0 Å². The van der Waals surface area contributed by atoms with E-state index >= 15 is 0 Å². The molecule has 21 heavy (non-hydrogen) atoms. The van der Waals surface area contributed by atoms with E-state index in [-0.39, 0.29) is 16.5 Å². The summed E-state index contributed by atoms with van der Waals surface area (Å²) in [5.74, 6) is -0.228. The van der Waals surface area contributed by atoms with E-state index in [1.165, 1.54) is 0 Å².